The molecule has 0 bridgehead atoms. The first-order valence-electron chi connectivity index (χ1n) is 8.12. The third kappa shape index (κ3) is 5.03. The van der Waals surface area contributed by atoms with E-state index in [2.05, 4.69) is 15.6 Å². The van der Waals surface area contributed by atoms with E-state index in [0.717, 1.165) is 0 Å². The Kier molecular flexibility index (Phi) is 7.43. The largest absolute Gasteiger partial charge is 0.482 e. The number of carbonyl (C=O) groups excluding carboxylic acids is 1. The second-order valence-electron chi connectivity index (χ2n) is 5.64. The van der Waals surface area contributed by atoms with Crippen molar-refractivity contribution in [1.29, 1.82) is 0 Å². The molecule has 7 nitrogen and oxygen atoms in total. The van der Waals surface area contributed by atoms with Gasteiger partial charge in [-0.05, 0) is 31.2 Å². The molecule has 146 valence electrons. The zero-order valence-corrected chi connectivity index (χ0v) is 16.5. The molecule has 0 unspecified atom stereocenters. The highest BCUT2D eigenvalue weighted by atomic mass is 35.5. The fourth-order valence-corrected chi connectivity index (χ4v) is 2.57. The summed E-state index contributed by atoms with van der Waals surface area (Å²) >= 11 is 5.95. The van der Waals surface area contributed by atoms with E-state index in [4.69, 9.17) is 16.3 Å². The number of carbonyl (C=O) groups is 1. The Morgan fingerprint density at radius 3 is 2.61 bits per heavy atom. The summed E-state index contributed by atoms with van der Waals surface area (Å²) in [7, 11) is 0. The van der Waals surface area contributed by atoms with Gasteiger partial charge in [-0.15, -0.1) is 12.4 Å². The van der Waals surface area contributed by atoms with Crippen LogP contribution >= 0.6 is 24.0 Å². The summed E-state index contributed by atoms with van der Waals surface area (Å²) < 4.78 is 6.74. The Hall–Kier alpha value is -3.03. The monoisotopic (exact) mass is 420 g/mol. The van der Waals surface area contributed by atoms with Gasteiger partial charge < -0.3 is 4.74 Å². The molecule has 2 aromatic carbocycles. The van der Waals surface area contributed by atoms with Crippen molar-refractivity contribution in [2.45, 2.75) is 6.92 Å². The Balaban J connectivity index is 0.00000280. The van der Waals surface area contributed by atoms with E-state index >= 15 is 0 Å². The normalized spacial score (nSPS) is 10.5. The molecule has 28 heavy (non-hydrogen) atoms. The maximum Gasteiger partial charge on any atom is 0.280 e. The Labute approximate surface area is 172 Å². The highest BCUT2D eigenvalue weighted by Gasteiger charge is 2.10. The number of amides is 1. The van der Waals surface area contributed by atoms with Gasteiger partial charge in [0.25, 0.3) is 11.5 Å². The molecule has 0 spiro atoms. The maximum absolute atomic E-state index is 12.5. The van der Waals surface area contributed by atoms with Gasteiger partial charge >= 0.3 is 0 Å². The Bertz CT molecular complexity index is 1030. The Morgan fingerprint density at radius 2 is 1.89 bits per heavy atom. The van der Waals surface area contributed by atoms with Gasteiger partial charge in [0.1, 0.15) is 5.75 Å². The van der Waals surface area contributed by atoms with E-state index in [1.165, 1.54) is 10.9 Å². The summed E-state index contributed by atoms with van der Waals surface area (Å²) in [6.07, 6.45) is 1.31. The molecule has 0 radical (unpaired) electrons. The first-order chi connectivity index (χ1) is 13.1. The molecule has 0 atom stereocenters. The molecule has 0 saturated heterocycles. The molecule has 3 aromatic rings. The molecular weight excluding hydrogens is 403 g/mol. The Morgan fingerprint density at radius 1 is 1.21 bits per heavy atom. The fraction of sp³-hybridized carbons (Fsp3) is 0.105. The standard InChI is InChI=1S/C19H17ClN4O3.ClH/c1-13-15(19(26)24(23-13)14-7-3-2-4-8-14)11-21-22-18(25)12-27-17-10-6-5-9-16(17)20;/h2-11,23H,12H2,1H3,(H,22,25);1H/b21-11+;. The number of ether oxygens (including phenoxy) is 1. The topological polar surface area (TPSA) is 88.5 Å². The van der Waals surface area contributed by atoms with Crippen molar-refractivity contribution in [2.24, 2.45) is 5.10 Å². The summed E-state index contributed by atoms with van der Waals surface area (Å²) in [5.74, 6) is -0.0618. The molecule has 1 heterocycles. The van der Waals surface area contributed by atoms with Gasteiger partial charge in [0.15, 0.2) is 6.61 Å². The van der Waals surface area contributed by atoms with Crippen molar-refractivity contribution >= 4 is 36.1 Å². The zero-order chi connectivity index (χ0) is 19.2. The molecule has 1 aromatic heterocycles. The van der Waals surface area contributed by atoms with E-state index in [1.54, 1.807) is 31.2 Å². The van der Waals surface area contributed by atoms with E-state index in [1.807, 2.05) is 30.3 Å². The van der Waals surface area contributed by atoms with Crippen LogP contribution in [0.2, 0.25) is 5.02 Å². The average molecular weight is 421 g/mol. The third-order valence-electron chi connectivity index (χ3n) is 3.71. The predicted molar refractivity (Wildman–Crippen MR) is 111 cm³/mol. The average Bonchev–Trinajstić information content (AvgIpc) is 2.96. The van der Waals surface area contributed by atoms with Crippen LogP contribution in [0.4, 0.5) is 0 Å². The van der Waals surface area contributed by atoms with Crippen molar-refractivity contribution in [3.63, 3.8) is 0 Å². The lowest BCUT2D eigenvalue weighted by atomic mass is 10.3. The number of para-hydroxylation sites is 2. The number of nitrogens with zero attached hydrogens (tertiary/aromatic N) is 2. The highest BCUT2D eigenvalue weighted by Crippen LogP contribution is 2.22. The van der Waals surface area contributed by atoms with E-state index in [0.29, 0.717) is 27.7 Å². The van der Waals surface area contributed by atoms with Crippen molar-refractivity contribution in [1.82, 2.24) is 15.2 Å². The minimum Gasteiger partial charge on any atom is -0.482 e. The first kappa shape index (κ1) is 21.3. The molecule has 0 fully saturated rings. The van der Waals surface area contributed by atoms with Gasteiger partial charge in [-0.25, -0.2) is 10.1 Å². The van der Waals surface area contributed by atoms with Crippen molar-refractivity contribution in [3.05, 3.63) is 81.2 Å². The lowest BCUT2D eigenvalue weighted by molar-refractivity contribution is -0.123. The van der Waals surface area contributed by atoms with E-state index in [9.17, 15) is 9.59 Å². The summed E-state index contributed by atoms with van der Waals surface area (Å²) in [6, 6.07) is 16.0. The number of aryl methyl sites for hydroxylation is 1. The number of hydrogen-bond donors (Lipinski definition) is 2. The predicted octanol–water partition coefficient (Wildman–Crippen LogP) is 3.08. The molecular formula is C19H18Cl2N4O3. The van der Waals surface area contributed by atoms with Gasteiger partial charge in [0.2, 0.25) is 0 Å². The van der Waals surface area contributed by atoms with E-state index in [-0.39, 0.29) is 24.6 Å². The van der Waals surface area contributed by atoms with Gasteiger partial charge in [-0.2, -0.15) is 5.10 Å². The highest BCUT2D eigenvalue weighted by molar-refractivity contribution is 6.32. The molecule has 0 aliphatic heterocycles. The van der Waals surface area contributed by atoms with Crippen molar-refractivity contribution in [3.8, 4) is 11.4 Å². The van der Waals surface area contributed by atoms with Crippen LogP contribution in [0, 0.1) is 6.92 Å². The summed E-state index contributed by atoms with van der Waals surface area (Å²) in [5, 5.41) is 7.23. The van der Waals surface area contributed by atoms with Crippen molar-refractivity contribution < 1.29 is 9.53 Å². The number of H-pyrrole nitrogens is 1. The number of aromatic amines is 1. The first-order valence-corrected chi connectivity index (χ1v) is 8.50. The second-order valence-corrected chi connectivity index (χ2v) is 6.05. The number of aromatic nitrogens is 2. The van der Waals surface area contributed by atoms with Crippen molar-refractivity contribution in [2.75, 3.05) is 6.61 Å². The van der Waals surface area contributed by atoms with Gasteiger partial charge in [0, 0.05) is 5.69 Å². The number of halogens is 2. The molecule has 0 saturated carbocycles. The third-order valence-corrected chi connectivity index (χ3v) is 4.02. The number of hydrazone groups is 1. The molecule has 9 heteroatoms. The van der Waals surface area contributed by atoms with Gasteiger partial charge in [0.05, 0.1) is 22.5 Å². The number of nitrogens with one attached hydrogen (secondary N) is 2. The van der Waals surface area contributed by atoms with Crippen LogP contribution in [-0.4, -0.2) is 28.5 Å². The van der Waals surface area contributed by atoms with Crippen LogP contribution in [0.3, 0.4) is 0 Å². The SMILES string of the molecule is Cc1[nH]n(-c2ccccc2)c(=O)c1/C=N/NC(=O)COc1ccccc1Cl.Cl. The summed E-state index contributed by atoms with van der Waals surface area (Å²) in [4.78, 5) is 24.3. The number of hydrogen-bond acceptors (Lipinski definition) is 4. The summed E-state index contributed by atoms with van der Waals surface area (Å²) in [6.45, 7) is 1.51. The molecule has 1 amide bonds. The van der Waals surface area contributed by atoms with E-state index < -0.39 is 5.91 Å². The minimum absolute atomic E-state index is 0. The molecule has 3 rings (SSSR count). The quantitative estimate of drug-likeness (QED) is 0.474. The number of rotatable bonds is 6. The molecule has 2 N–H and O–H groups in total. The molecule has 0 aliphatic rings. The van der Waals surface area contributed by atoms with Crippen LogP contribution in [0.5, 0.6) is 5.75 Å². The van der Waals surface area contributed by atoms with Crippen LogP contribution in [0.1, 0.15) is 11.3 Å². The molecule has 0 aliphatic carbocycles. The van der Waals surface area contributed by atoms with Crippen LogP contribution in [0.25, 0.3) is 5.69 Å². The van der Waals surface area contributed by atoms with Gasteiger partial charge in [-0.3, -0.25) is 14.7 Å². The zero-order valence-electron chi connectivity index (χ0n) is 14.9. The summed E-state index contributed by atoms with van der Waals surface area (Å²) in [5.41, 5.74) is 3.76. The van der Waals surface area contributed by atoms with Gasteiger partial charge in [-0.1, -0.05) is 41.9 Å². The maximum atomic E-state index is 12.5. The lowest BCUT2D eigenvalue weighted by Gasteiger charge is -2.06. The minimum atomic E-state index is -0.470. The number of benzene rings is 2. The van der Waals surface area contributed by atoms with Crippen LogP contribution < -0.4 is 15.7 Å². The second kappa shape index (κ2) is 9.77. The fourth-order valence-electron chi connectivity index (χ4n) is 2.38. The van der Waals surface area contributed by atoms with Crippen LogP contribution in [0.15, 0.2) is 64.5 Å². The van der Waals surface area contributed by atoms with Crippen LogP contribution in [-0.2, 0) is 4.79 Å². The lowest BCUT2D eigenvalue weighted by Crippen LogP contribution is -2.25. The smallest absolute Gasteiger partial charge is 0.280 e.